The number of hydrogen-bond acceptors (Lipinski definition) is 6. The molecular formula is C18H14I3N3O6. The summed E-state index contributed by atoms with van der Waals surface area (Å²) >= 11 is 4.24. The average Bonchev–Trinajstić information content (AvgIpc) is 2.69. The number of aromatic hydroxyl groups is 2. The number of halogens is 3. The molecule has 0 atom stereocenters. The van der Waals surface area contributed by atoms with Crippen molar-refractivity contribution in [3.8, 4) is 11.5 Å². The highest BCUT2D eigenvalue weighted by Crippen LogP contribution is 2.28. The molecule has 4 rings (SSSR count). The Morgan fingerprint density at radius 3 is 1.93 bits per heavy atom. The fraction of sp³-hybridized carbons (Fsp3) is 0. The number of benzene rings is 2. The summed E-state index contributed by atoms with van der Waals surface area (Å²) in [6.07, 6.45) is 0. The molecule has 2 heterocycles. The standard InChI is InChI=1S/C9H6N2O4.C9H7NO2.I2.HI/c12-8-5-3-1-2-4-6(5)10-9(13)7(8)11(14)15;11-8-5-9(12)10-7-4-2-1-3-6(7)8;1-2;/h1-4H,(H2,10,12,13);1-5H,(H2,10,11,12);;1H. The molecule has 30 heavy (non-hydrogen) atoms. The van der Waals surface area contributed by atoms with Gasteiger partial charge in [-0.1, -0.05) is 24.3 Å². The number of nitrogens with zero attached hydrogens (tertiary/aromatic N) is 1. The van der Waals surface area contributed by atoms with Gasteiger partial charge >= 0.3 is 11.2 Å². The van der Waals surface area contributed by atoms with Crippen LogP contribution in [0, 0.1) is 10.1 Å². The molecule has 0 spiro atoms. The number of rotatable bonds is 1. The molecule has 158 valence electrons. The van der Waals surface area contributed by atoms with Gasteiger partial charge in [0.15, 0.2) is 0 Å². The minimum Gasteiger partial charge on any atom is -0.507 e. The number of pyridine rings is 2. The minimum absolute atomic E-state index is 0. The number of H-pyrrole nitrogens is 2. The van der Waals surface area contributed by atoms with E-state index in [4.69, 9.17) is 0 Å². The molecule has 0 unspecified atom stereocenters. The molecule has 0 saturated carbocycles. The molecule has 0 aliphatic carbocycles. The molecule has 4 aromatic rings. The summed E-state index contributed by atoms with van der Waals surface area (Å²) < 4.78 is 0. The Morgan fingerprint density at radius 2 is 1.37 bits per heavy atom. The second-order valence-electron chi connectivity index (χ2n) is 5.52. The molecule has 4 N–H and O–H groups in total. The van der Waals surface area contributed by atoms with Crippen LogP contribution in [0.5, 0.6) is 11.5 Å². The van der Waals surface area contributed by atoms with Crippen molar-refractivity contribution in [1.29, 1.82) is 0 Å². The van der Waals surface area contributed by atoms with Crippen molar-refractivity contribution in [2.75, 3.05) is 0 Å². The summed E-state index contributed by atoms with van der Waals surface area (Å²) in [7, 11) is 0. The highest BCUT2D eigenvalue weighted by molar-refractivity contribution is 15.0. The van der Waals surface area contributed by atoms with Crippen molar-refractivity contribution in [2.45, 2.75) is 0 Å². The Kier molecular flexibility index (Phi) is 10.5. The Hall–Kier alpha value is -1.95. The molecule has 0 radical (unpaired) electrons. The van der Waals surface area contributed by atoms with E-state index in [1.54, 1.807) is 42.5 Å². The van der Waals surface area contributed by atoms with Crippen LogP contribution in [0.15, 0.2) is 64.2 Å². The smallest absolute Gasteiger partial charge is 0.375 e. The van der Waals surface area contributed by atoms with E-state index in [2.05, 4.69) is 47.2 Å². The number of aromatic amines is 2. The molecule has 0 saturated heterocycles. The van der Waals surface area contributed by atoms with Crippen LogP contribution in [0.1, 0.15) is 0 Å². The minimum atomic E-state index is -0.906. The average molecular weight is 749 g/mol. The number of hydrogen-bond donors (Lipinski definition) is 4. The first-order chi connectivity index (χ1) is 13.9. The zero-order valence-electron chi connectivity index (χ0n) is 14.8. The summed E-state index contributed by atoms with van der Waals surface area (Å²) in [4.78, 5) is 36.7. The first-order valence-corrected chi connectivity index (χ1v) is 14.1. The Labute approximate surface area is 209 Å². The normalized spacial score (nSPS) is 9.53. The van der Waals surface area contributed by atoms with E-state index in [9.17, 15) is 29.9 Å². The molecule has 12 heteroatoms. The zero-order valence-corrected chi connectivity index (χ0v) is 21.5. The molecule has 0 bridgehead atoms. The first-order valence-electron chi connectivity index (χ1n) is 7.82. The van der Waals surface area contributed by atoms with E-state index in [1.165, 1.54) is 12.1 Å². The monoisotopic (exact) mass is 749 g/mol. The van der Waals surface area contributed by atoms with Crippen LogP contribution in [0.25, 0.3) is 21.8 Å². The van der Waals surface area contributed by atoms with Crippen LogP contribution in [-0.4, -0.2) is 25.1 Å². The predicted octanol–water partition coefficient (Wildman–Crippen LogP) is 4.77. The van der Waals surface area contributed by atoms with Gasteiger partial charge in [0.2, 0.25) is 5.75 Å². The van der Waals surface area contributed by atoms with Gasteiger partial charge in [0.1, 0.15) is 5.75 Å². The van der Waals surface area contributed by atoms with Crippen LogP contribution in [0.2, 0.25) is 0 Å². The number of nitrogens with one attached hydrogen (secondary N) is 2. The van der Waals surface area contributed by atoms with Gasteiger partial charge < -0.3 is 20.2 Å². The molecule has 0 amide bonds. The Bertz CT molecular complexity index is 1290. The summed E-state index contributed by atoms with van der Waals surface area (Å²) in [5.74, 6) is -0.575. The quantitative estimate of drug-likeness (QED) is 0.125. The van der Waals surface area contributed by atoms with Gasteiger partial charge in [-0.2, -0.15) is 0 Å². The van der Waals surface area contributed by atoms with E-state index in [0.29, 0.717) is 16.4 Å². The van der Waals surface area contributed by atoms with Crippen LogP contribution >= 0.6 is 61.2 Å². The summed E-state index contributed by atoms with van der Waals surface area (Å²) in [6.45, 7) is 0. The van der Waals surface area contributed by atoms with Crippen molar-refractivity contribution in [3.63, 3.8) is 0 Å². The highest BCUT2D eigenvalue weighted by Gasteiger charge is 2.21. The summed E-state index contributed by atoms with van der Waals surface area (Å²) in [5.41, 5.74) is -0.996. The lowest BCUT2D eigenvalue weighted by Crippen LogP contribution is -2.11. The van der Waals surface area contributed by atoms with Crippen molar-refractivity contribution in [1.82, 2.24) is 9.97 Å². The molecule has 2 aromatic carbocycles. The summed E-state index contributed by atoms with van der Waals surface area (Å²) in [6, 6.07) is 14.6. The third-order valence-electron chi connectivity index (χ3n) is 3.78. The second-order valence-corrected chi connectivity index (χ2v) is 5.52. The van der Waals surface area contributed by atoms with E-state index >= 15 is 0 Å². The van der Waals surface area contributed by atoms with Crippen molar-refractivity contribution in [3.05, 3.63) is 85.4 Å². The molecule has 9 nitrogen and oxygen atoms in total. The maximum Gasteiger partial charge on any atom is 0.375 e. The second kappa shape index (κ2) is 12.0. The van der Waals surface area contributed by atoms with Crippen molar-refractivity contribution < 1.29 is 15.1 Å². The Balaban J connectivity index is 0.000000274. The SMILES string of the molecule is I.II.O=c1[nH]c2ccccc2c(O)c1[N+](=O)[O-].O=c1cc(O)c2ccccc2[nH]1. The number of fused-ring (bicyclic) bond motifs is 2. The van der Waals surface area contributed by atoms with Gasteiger partial charge in [0.05, 0.1) is 16.0 Å². The fourth-order valence-corrected chi connectivity index (χ4v) is 2.57. The third-order valence-corrected chi connectivity index (χ3v) is 3.78. The molecule has 0 aliphatic heterocycles. The molecule has 0 aliphatic rings. The number of aromatic nitrogens is 2. The predicted molar refractivity (Wildman–Crippen MR) is 143 cm³/mol. The lowest BCUT2D eigenvalue weighted by molar-refractivity contribution is -0.387. The maximum absolute atomic E-state index is 11.2. The van der Waals surface area contributed by atoms with E-state index in [1.807, 2.05) is 0 Å². The first kappa shape index (κ1) is 26.1. The Morgan fingerprint density at radius 1 is 0.867 bits per heavy atom. The van der Waals surface area contributed by atoms with Crippen LogP contribution < -0.4 is 11.1 Å². The lowest BCUT2D eigenvalue weighted by Gasteiger charge is -2.00. The van der Waals surface area contributed by atoms with Crippen molar-refractivity contribution in [2.24, 2.45) is 0 Å². The van der Waals surface area contributed by atoms with Crippen LogP contribution in [-0.2, 0) is 0 Å². The lowest BCUT2D eigenvalue weighted by atomic mass is 10.2. The van der Waals surface area contributed by atoms with Crippen molar-refractivity contribution >= 4 is 88.7 Å². The highest BCUT2D eigenvalue weighted by atomic mass is 128. The van der Waals surface area contributed by atoms with Gasteiger partial charge in [0, 0.05) is 54.1 Å². The van der Waals surface area contributed by atoms with Gasteiger partial charge in [-0.25, -0.2) is 0 Å². The summed E-state index contributed by atoms with van der Waals surface area (Å²) in [5, 5.41) is 30.3. The number of nitro groups is 1. The molecule has 0 fully saturated rings. The largest absolute Gasteiger partial charge is 0.507 e. The van der Waals surface area contributed by atoms with Gasteiger partial charge in [-0.3, -0.25) is 19.7 Å². The molecule has 2 aromatic heterocycles. The van der Waals surface area contributed by atoms with E-state index < -0.39 is 21.9 Å². The molecular weight excluding hydrogens is 735 g/mol. The van der Waals surface area contributed by atoms with Gasteiger partial charge in [-0.15, -0.1) is 24.0 Å². The van der Waals surface area contributed by atoms with Crippen LogP contribution in [0.4, 0.5) is 5.69 Å². The van der Waals surface area contributed by atoms with Gasteiger partial charge in [0.25, 0.3) is 5.56 Å². The maximum atomic E-state index is 11.2. The van der Waals surface area contributed by atoms with E-state index in [0.717, 1.165) is 0 Å². The van der Waals surface area contributed by atoms with Gasteiger partial charge in [-0.05, 0) is 24.3 Å². The fourth-order valence-electron chi connectivity index (χ4n) is 2.57. The third kappa shape index (κ3) is 6.03. The topological polar surface area (TPSA) is 149 Å². The van der Waals surface area contributed by atoms with Crippen LogP contribution in [0.3, 0.4) is 0 Å². The zero-order chi connectivity index (χ0) is 21.6. The number of para-hydroxylation sites is 2. The van der Waals surface area contributed by atoms with E-state index in [-0.39, 0.29) is 40.7 Å².